The molecule has 0 aliphatic heterocycles. The molecule has 0 heteroatoms. The lowest BCUT2D eigenvalue weighted by molar-refractivity contribution is 0.108. The van der Waals surface area contributed by atoms with Gasteiger partial charge in [-0.15, -0.1) is 6.58 Å². The molecule has 37 heavy (non-hydrogen) atoms. The zero-order chi connectivity index (χ0) is 26.4. The van der Waals surface area contributed by atoms with Crippen LogP contribution in [0.1, 0.15) is 85.6 Å². The maximum absolute atomic E-state index is 4.22. The van der Waals surface area contributed by atoms with Gasteiger partial charge in [0.25, 0.3) is 0 Å². The van der Waals surface area contributed by atoms with E-state index in [1.54, 1.807) is 5.56 Å². The lowest BCUT2D eigenvalue weighted by Gasteiger charge is -2.50. The zero-order valence-corrected chi connectivity index (χ0v) is 24.3. The molecule has 4 aliphatic carbocycles. The fourth-order valence-corrected chi connectivity index (χ4v) is 8.58. The predicted molar refractivity (Wildman–Crippen MR) is 160 cm³/mol. The van der Waals surface area contributed by atoms with Crippen LogP contribution in [0.25, 0.3) is 0 Å². The van der Waals surface area contributed by atoms with Crippen LogP contribution in [0.15, 0.2) is 90.6 Å². The van der Waals surface area contributed by atoms with E-state index in [1.165, 1.54) is 43.3 Å². The molecule has 1 aromatic carbocycles. The lowest BCUT2D eigenvalue weighted by atomic mass is 9.54. The van der Waals surface area contributed by atoms with Crippen molar-refractivity contribution in [2.75, 3.05) is 0 Å². The van der Waals surface area contributed by atoms with Gasteiger partial charge in [-0.2, -0.15) is 0 Å². The molecule has 0 nitrogen and oxygen atoms in total. The van der Waals surface area contributed by atoms with Crippen LogP contribution >= 0.6 is 0 Å². The fourth-order valence-electron chi connectivity index (χ4n) is 8.58. The summed E-state index contributed by atoms with van der Waals surface area (Å²) in [6.07, 6.45) is 25.7. The van der Waals surface area contributed by atoms with E-state index in [-0.39, 0.29) is 16.2 Å². The Kier molecular flexibility index (Phi) is 7.10. The summed E-state index contributed by atoms with van der Waals surface area (Å²) in [4.78, 5) is 0. The predicted octanol–water partition coefficient (Wildman–Crippen LogP) is 10.3. The van der Waals surface area contributed by atoms with Gasteiger partial charge in [-0.05, 0) is 88.7 Å². The van der Waals surface area contributed by atoms with Gasteiger partial charge in [0.2, 0.25) is 0 Å². The molecular weight excluding hydrogens is 444 g/mol. The number of hydrogen-bond acceptors (Lipinski definition) is 0. The normalized spacial score (nSPS) is 31.4. The van der Waals surface area contributed by atoms with Gasteiger partial charge in [0.1, 0.15) is 0 Å². The number of rotatable bonds is 6. The van der Waals surface area contributed by atoms with Crippen molar-refractivity contribution < 1.29 is 0 Å². The summed E-state index contributed by atoms with van der Waals surface area (Å²) in [7, 11) is 0. The van der Waals surface area contributed by atoms with Crippen molar-refractivity contribution in [3.63, 3.8) is 0 Å². The summed E-state index contributed by atoms with van der Waals surface area (Å²) in [5.74, 6) is 3.65. The highest BCUT2D eigenvalue weighted by molar-refractivity contribution is 5.42. The third-order valence-corrected chi connectivity index (χ3v) is 10.4. The molecule has 4 aliphatic rings. The van der Waals surface area contributed by atoms with Gasteiger partial charge >= 0.3 is 0 Å². The molecule has 0 aromatic heterocycles. The SMILES string of the molecule is C=CCCC(c1ccccc1)(C1CCCC1)C1C2C=C(C(C)(C)C)C=CC2C2C=CC(C(C)(C)C)=CC21. The first-order valence-electron chi connectivity index (χ1n) is 15.0. The second-order valence-electron chi connectivity index (χ2n) is 14.5. The molecule has 0 heterocycles. The van der Waals surface area contributed by atoms with Crippen LogP contribution in [-0.2, 0) is 5.41 Å². The van der Waals surface area contributed by atoms with Gasteiger partial charge in [0.15, 0.2) is 0 Å². The fraction of sp³-hybridized carbons (Fsp3) is 0.568. The Morgan fingerprint density at radius 1 is 0.757 bits per heavy atom. The van der Waals surface area contributed by atoms with Crippen molar-refractivity contribution in [1.82, 2.24) is 0 Å². The van der Waals surface area contributed by atoms with Crippen molar-refractivity contribution in [3.8, 4) is 0 Å². The second-order valence-corrected chi connectivity index (χ2v) is 14.5. The minimum absolute atomic E-state index is 0.170. The molecule has 5 unspecified atom stereocenters. The van der Waals surface area contributed by atoms with E-state index in [1.807, 2.05) is 0 Å². The van der Waals surface area contributed by atoms with Crippen molar-refractivity contribution in [2.24, 2.45) is 46.3 Å². The summed E-state index contributed by atoms with van der Waals surface area (Å²) in [5.41, 5.74) is 5.16. The summed E-state index contributed by atoms with van der Waals surface area (Å²) in [5, 5.41) is 0. The Morgan fingerprint density at radius 2 is 1.27 bits per heavy atom. The first kappa shape index (κ1) is 26.5. The molecule has 0 amide bonds. The minimum atomic E-state index is 0.170. The van der Waals surface area contributed by atoms with Crippen LogP contribution in [0.2, 0.25) is 0 Å². The third-order valence-electron chi connectivity index (χ3n) is 10.4. The largest absolute Gasteiger partial charge is 0.103 e. The molecule has 5 atom stereocenters. The molecule has 0 N–H and O–H groups in total. The Bertz CT molecular complexity index is 1040. The molecule has 0 radical (unpaired) electrons. The topological polar surface area (TPSA) is 0 Å². The quantitative estimate of drug-likeness (QED) is 0.345. The van der Waals surface area contributed by atoms with E-state index >= 15 is 0 Å². The maximum atomic E-state index is 4.22. The highest BCUT2D eigenvalue weighted by atomic mass is 14.6. The summed E-state index contributed by atoms with van der Waals surface area (Å²) in [6.45, 7) is 18.5. The summed E-state index contributed by atoms with van der Waals surface area (Å²) in [6, 6.07) is 11.8. The maximum Gasteiger partial charge on any atom is 0.00240 e. The highest BCUT2D eigenvalue weighted by Gasteiger charge is 2.59. The molecule has 2 fully saturated rings. The van der Waals surface area contributed by atoms with Crippen LogP contribution < -0.4 is 0 Å². The Morgan fingerprint density at radius 3 is 1.73 bits per heavy atom. The highest BCUT2D eigenvalue weighted by Crippen LogP contribution is 2.64. The van der Waals surface area contributed by atoms with Gasteiger partial charge in [0, 0.05) is 5.41 Å². The van der Waals surface area contributed by atoms with E-state index in [2.05, 4.69) is 121 Å². The molecule has 0 saturated heterocycles. The van der Waals surface area contributed by atoms with Crippen LogP contribution in [0.4, 0.5) is 0 Å². The number of fused-ring (bicyclic) bond motifs is 3. The molecule has 0 bridgehead atoms. The average molecular weight is 495 g/mol. The molecule has 5 rings (SSSR count). The smallest absolute Gasteiger partial charge is 0.00240 e. The van der Waals surface area contributed by atoms with Crippen molar-refractivity contribution in [1.29, 1.82) is 0 Å². The minimum Gasteiger partial charge on any atom is -0.103 e. The van der Waals surface area contributed by atoms with Gasteiger partial charge in [-0.25, -0.2) is 0 Å². The van der Waals surface area contributed by atoms with Crippen molar-refractivity contribution in [3.05, 3.63) is 96.2 Å². The van der Waals surface area contributed by atoms with Gasteiger partial charge in [-0.3, -0.25) is 0 Å². The van der Waals surface area contributed by atoms with E-state index in [0.29, 0.717) is 29.6 Å². The van der Waals surface area contributed by atoms with Gasteiger partial charge < -0.3 is 0 Å². The van der Waals surface area contributed by atoms with Crippen LogP contribution in [0.3, 0.4) is 0 Å². The van der Waals surface area contributed by atoms with Crippen LogP contribution in [-0.4, -0.2) is 0 Å². The van der Waals surface area contributed by atoms with E-state index in [9.17, 15) is 0 Å². The van der Waals surface area contributed by atoms with Crippen LogP contribution in [0.5, 0.6) is 0 Å². The van der Waals surface area contributed by atoms with E-state index in [4.69, 9.17) is 0 Å². The van der Waals surface area contributed by atoms with Crippen molar-refractivity contribution >= 4 is 0 Å². The van der Waals surface area contributed by atoms with Crippen molar-refractivity contribution in [2.45, 2.75) is 85.5 Å². The van der Waals surface area contributed by atoms with E-state index in [0.717, 1.165) is 12.3 Å². The zero-order valence-electron chi connectivity index (χ0n) is 24.3. The van der Waals surface area contributed by atoms with Gasteiger partial charge in [-0.1, -0.05) is 127 Å². The third kappa shape index (κ3) is 4.68. The first-order chi connectivity index (χ1) is 17.6. The summed E-state index contributed by atoms with van der Waals surface area (Å²) < 4.78 is 0. The Labute approximate surface area is 227 Å². The first-order valence-corrected chi connectivity index (χ1v) is 15.0. The molecule has 1 aromatic rings. The monoisotopic (exact) mass is 494 g/mol. The number of benzene rings is 1. The average Bonchev–Trinajstić information content (AvgIpc) is 3.51. The molecule has 0 spiro atoms. The Hall–Kier alpha value is -2.08. The second kappa shape index (κ2) is 9.91. The number of allylic oxidation sites excluding steroid dienone is 9. The summed E-state index contributed by atoms with van der Waals surface area (Å²) >= 11 is 0. The standard InChI is InChI=1S/C37H50/c1-8-9-23-37(27-17-13-14-18-27,26-15-11-10-12-16-26)34-32-24-28(35(2,3)4)19-21-30(32)31-22-20-29(25-33(31)34)36(5,6)7/h8,10-12,15-16,19-22,24-25,27,30-34H,1,9,13-14,17-18,23H2,2-7H3. The lowest BCUT2D eigenvalue weighted by Crippen LogP contribution is -2.46. The van der Waals surface area contributed by atoms with E-state index < -0.39 is 0 Å². The molecule has 2 saturated carbocycles. The van der Waals surface area contributed by atoms with Crippen LogP contribution in [0, 0.1) is 46.3 Å². The Balaban J connectivity index is 1.75. The van der Waals surface area contributed by atoms with Gasteiger partial charge in [0.05, 0.1) is 0 Å². The molecular formula is C37H50. The number of hydrogen-bond donors (Lipinski definition) is 0. The molecule has 198 valence electrons.